The van der Waals surface area contributed by atoms with Gasteiger partial charge in [-0.1, -0.05) is 37.2 Å². The average molecular weight is 613 g/mol. The summed E-state index contributed by atoms with van der Waals surface area (Å²) in [6.07, 6.45) is 1.71. The van der Waals surface area contributed by atoms with Gasteiger partial charge in [0.05, 0.1) is 18.0 Å². The topological polar surface area (TPSA) is 110 Å². The van der Waals surface area contributed by atoms with Gasteiger partial charge in [-0.05, 0) is 62.6 Å². The highest BCUT2D eigenvalue weighted by atomic mass is 35.5. The van der Waals surface area contributed by atoms with E-state index in [1.54, 1.807) is 60.8 Å². The highest BCUT2D eigenvalue weighted by molar-refractivity contribution is 6.31. The Morgan fingerprint density at radius 1 is 1.07 bits per heavy atom. The first-order chi connectivity index (χ1) is 20.7. The fourth-order valence-electron chi connectivity index (χ4n) is 5.34. The van der Waals surface area contributed by atoms with Crippen LogP contribution in [0.2, 0.25) is 5.02 Å². The van der Waals surface area contributed by atoms with Gasteiger partial charge in [-0.3, -0.25) is 20.5 Å². The third-order valence-corrected chi connectivity index (χ3v) is 7.66. The van der Waals surface area contributed by atoms with Gasteiger partial charge < -0.3 is 15.1 Å². The molecule has 1 aromatic heterocycles. The monoisotopic (exact) mass is 612 g/mol. The number of carbonyl (C=O) groups is 1. The number of hydrogen-bond donors (Lipinski definition) is 3. The fraction of sp³-hybridized carbons (Fsp3) is 0.242. The molecule has 0 saturated carbocycles. The van der Waals surface area contributed by atoms with E-state index in [1.165, 1.54) is 6.07 Å². The van der Waals surface area contributed by atoms with E-state index in [9.17, 15) is 9.18 Å². The number of hydrogen-bond acceptors (Lipinski definition) is 7. The number of halogens is 2. The third-order valence-electron chi connectivity index (χ3n) is 7.42. The van der Waals surface area contributed by atoms with E-state index in [2.05, 4.69) is 20.5 Å². The van der Waals surface area contributed by atoms with Crippen LogP contribution in [0, 0.1) is 17.1 Å². The van der Waals surface area contributed by atoms with Crippen LogP contribution in [-0.4, -0.2) is 71.1 Å². The second kappa shape index (κ2) is 12.9. The minimum absolute atomic E-state index is 0. The molecule has 44 heavy (non-hydrogen) atoms. The zero-order chi connectivity index (χ0) is 30.1. The van der Waals surface area contributed by atoms with Crippen molar-refractivity contribution in [3.63, 3.8) is 0 Å². The number of benzene rings is 3. The van der Waals surface area contributed by atoms with Crippen LogP contribution in [0.25, 0.3) is 11.3 Å². The lowest BCUT2D eigenvalue weighted by atomic mass is 9.95. The quantitative estimate of drug-likeness (QED) is 0.187. The van der Waals surface area contributed by atoms with E-state index in [0.717, 1.165) is 30.8 Å². The molecule has 0 spiro atoms. The maximum absolute atomic E-state index is 14.8. The minimum atomic E-state index is -0.366. The van der Waals surface area contributed by atoms with Crippen LogP contribution < -0.4 is 10.6 Å². The van der Waals surface area contributed by atoms with Crippen LogP contribution in [-0.2, 0) is 6.54 Å². The number of fused-ring (bicyclic) bond motifs is 3. The summed E-state index contributed by atoms with van der Waals surface area (Å²) in [5.74, 6) is 0.271. The maximum Gasteiger partial charge on any atom is 0.257 e. The summed E-state index contributed by atoms with van der Waals surface area (Å²) < 4.78 is 14.8. The Morgan fingerprint density at radius 3 is 2.55 bits per heavy atom. The Bertz CT molecular complexity index is 1730. The van der Waals surface area contributed by atoms with Crippen molar-refractivity contribution in [1.82, 2.24) is 25.1 Å². The fourth-order valence-corrected chi connectivity index (χ4v) is 5.52. The average Bonchev–Trinajstić information content (AvgIpc) is 3.11. The van der Waals surface area contributed by atoms with Gasteiger partial charge >= 0.3 is 0 Å². The Balaban J connectivity index is 0.00000384. The maximum atomic E-state index is 14.8. The first-order valence-corrected chi connectivity index (χ1v) is 14.2. The largest absolute Gasteiger partial charge is 0.342 e. The summed E-state index contributed by atoms with van der Waals surface area (Å²) in [6.45, 7) is 2.76. The molecule has 11 heteroatoms. The molecule has 0 unspecified atom stereocenters. The van der Waals surface area contributed by atoms with Gasteiger partial charge in [-0.25, -0.2) is 14.4 Å². The number of rotatable bonds is 6. The number of carbonyl (C=O) groups excluding carboxylic acids is 1. The normalized spacial score (nSPS) is 13.9. The second-order valence-electron chi connectivity index (χ2n) is 10.9. The second-order valence-corrected chi connectivity index (χ2v) is 11.4. The number of likely N-dealkylation sites (tertiary alicyclic amines) is 1. The molecule has 2 aliphatic rings. The van der Waals surface area contributed by atoms with Crippen molar-refractivity contribution in [2.45, 2.75) is 14.0 Å². The van der Waals surface area contributed by atoms with Gasteiger partial charge in [0.2, 0.25) is 5.95 Å². The Labute approximate surface area is 261 Å². The van der Waals surface area contributed by atoms with Gasteiger partial charge in [-0.2, -0.15) is 0 Å². The molecule has 3 N–H and O–H groups in total. The molecule has 4 aromatic rings. The molecular formula is C33H34ClFN8O. The van der Waals surface area contributed by atoms with Crippen LogP contribution in [0.5, 0.6) is 0 Å². The van der Waals surface area contributed by atoms with E-state index in [-0.39, 0.29) is 31.7 Å². The van der Waals surface area contributed by atoms with Crippen LogP contribution in [0.1, 0.15) is 34.5 Å². The molecule has 1 amide bonds. The molecule has 2 aliphatic heterocycles. The molecule has 226 valence electrons. The third kappa shape index (κ3) is 6.46. The highest BCUT2D eigenvalue weighted by Crippen LogP contribution is 2.34. The Kier molecular flexibility index (Phi) is 9.03. The van der Waals surface area contributed by atoms with Crippen LogP contribution in [0.3, 0.4) is 0 Å². The van der Waals surface area contributed by atoms with Crippen molar-refractivity contribution in [1.29, 1.82) is 5.41 Å². The number of aromatic nitrogens is 2. The summed E-state index contributed by atoms with van der Waals surface area (Å²) in [5, 5.41) is 14.6. The molecule has 0 atom stereocenters. The lowest BCUT2D eigenvalue weighted by molar-refractivity contribution is 0.0955. The summed E-state index contributed by atoms with van der Waals surface area (Å²) in [7, 11) is 4.06. The number of nitrogens with zero attached hydrogens (tertiary/aromatic N) is 5. The van der Waals surface area contributed by atoms with E-state index >= 15 is 0 Å². The van der Waals surface area contributed by atoms with E-state index in [1.807, 2.05) is 25.1 Å². The summed E-state index contributed by atoms with van der Waals surface area (Å²) in [6, 6.07) is 18.8. The SMILES string of the molecule is C.CN(C)CC1CN(C(=N)NC(=O)c2ccc(Nc3ncc4c(n3)-c3ccc(Cl)cc3C(c3ccccc3F)=NC4)cc2)C1. The van der Waals surface area contributed by atoms with Crippen LogP contribution in [0.15, 0.2) is 77.9 Å². The molecule has 0 radical (unpaired) electrons. The number of guanidine groups is 1. The predicted octanol–water partition coefficient (Wildman–Crippen LogP) is 5.82. The number of amides is 1. The number of nitrogens with one attached hydrogen (secondary N) is 3. The van der Waals surface area contributed by atoms with Gasteiger partial charge in [0.15, 0.2) is 5.96 Å². The first kappa shape index (κ1) is 30.8. The van der Waals surface area contributed by atoms with Crippen LogP contribution >= 0.6 is 11.6 Å². The smallest absolute Gasteiger partial charge is 0.257 e. The molecule has 0 aliphatic carbocycles. The summed E-state index contributed by atoms with van der Waals surface area (Å²) >= 11 is 6.36. The first-order valence-electron chi connectivity index (χ1n) is 13.9. The molecule has 3 aromatic carbocycles. The van der Waals surface area contributed by atoms with E-state index < -0.39 is 0 Å². The predicted molar refractivity (Wildman–Crippen MR) is 173 cm³/mol. The van der Waals surface area contributed by atoms with Crippen molar-refractivity contribution in [3.05, 3.63) is 106 Å². The van der Waals surface area contributed by atoms with Gasteiger partial charge in [0.1, 0.15) is 5.82 Å². The van der Waals surface area contributed by atoms with Gasteiger partial charge in [-0.15, -0.1) is 0 Å². The summed E-state index contributed by atoms with van der Waals surface area (Å²) in [4.78, 5) is 30.7. The number of anilines is 2. The zero-order valence-electron chi connectivity index (χ0n) is 23.7. The lowest BCUT2D eigenvalue weighted by Crippen LogP contribution is -2.57. The lowest BCUT2D eigenvalue weighted by Gasteiger charge is -2.41. The van der Waals surface area contributed by atoms with Crippen molar-refractivity contribution in [2.75, 3.05) is 39.0 Å². The van der Waals surface area contributed by atoms with Crippen molar-refractivity contribution in [3.8, 4) is 11.3 Å². The number of aliphatic imine (C=N–C) groups is 1. The Hall–Kier alpha value is -4.67. The molecule has 9 nitrogen and oxygen atoms in total. The van der Waals surface area contributed by atoms with E-state index in [4.69, 9.17) is 27.0 Å². The Morgan fingerprint density at radius 2 is 1.82 bits per heavy atom. The van der Waals surface area contributed by atoms with Crippen LogP contribution in [0.4, 0.5) is 16.0 Å². The van der Waals surface area contributed by atoms with Crippen molar-refractivity contribution < 1.29 is 9.18 Å². The molecule has 0 bridgehead atoms. The van der Waals surface area contributed by atoms with Crippen molar-refractivity contribution in [2.24, 2.45) is 10.9 Å². The van der Waals surface area contributed by atoms with Gasteiger partial charge in [0.25, 0.3) is 5.91 Å². The standard InChI is InChI=1S/C32H30ClFN8O.CH4/c1-41(2)16-19-17-42(18-19)31(35)40-30(43)20-7-10-23(11-8-20)38-32-37-15-21-14-36-29(25-5-3-4-6-27(25)34)26-13-22(33)9-12-24(26)28(21)39-32;/h3-13,15,19H,14,16-18H2,1-2H3,(H2,35,40,43)(H,37,38,39);1H4. The minimum Gasteiger partial charge on any atom is -0.342 e. The zero-order valence-corrected chi connectivity index (χ0v) is 24.5. The van der Waals surface area contributed by atoms with Crippen molar-refractivity contribution >= 4 is 40.8 Å². The van der Waals surface area contributed by atoms with E-state index in [0.29, 0.717) is 50.7 Å². The van der Waals surface area contributed by atoms with Gasteiger partial charge in [0, 0.05) is 70.3 Å². The molecule has 1 fully saturated rings. The summed E-state index contributed by atoms with van der Waals surface area (Å²) in [5.41, 5.74) is 4.96. The molecule has 3 heterocycles. The highest BCUT2D eigenvalue weighted by Gasteiger charge is 2.30. The molecular weight excluding hydrogens is 579 g/mol. The molecule has 6 rings (SSSR count). The molecule has 1 saturated heterocycles.